The van der Waals surface area contributed by atoms with Crippen molar-refractivity contribution < 1.29 is 13.6 Å². The molecule has 2 N–H and O–H groups in total. The van der Waals surface area contributed by atoms with Crippen LogP contribution in [0.5, 0.6) is 0 Å². The van der Waals surface area contributed by atoms with Gasteiger partial charge in [0.05, 0.1) is 0 Å². The predicted molar refractivity (Wildman–Crippen MR) is 105 cm³/mol. The van der Waals surface area contributed by atoms with Gasteiger partial charge in [0.15, 0.2) is 11.6 Å². The van der Waals surface area contributed by atoms with Crippen molar-refractivity contribution in [3.05, 3.63) is 77.6 Å². The molecule has 1 heterocycles. The molecule has 0 fully saturated rings. The minimum Gasteiger partial charge on any atom is -0.324 e. The summed E-state index contributed by atoms with van der Waals surface area (Å²) in [6.45, 7) is 6.19. The lowest BCUT2D eigenvalue weighted by atomic mass is 9.86. The highest BCUT2D eigenvalue weighted by Gasteiger charge is 2.19. The Labute approximate surface area is 161 Å². The first-order chi connectivity index (χ1) is 13.2. The van der Waals surface area contributed by atoms with Crippen LogP contribution in [-0.4, -0.2) is 15.9 Å². The molecule has 0 aliphatic heterocycles. The zero-order valence-electron chi connectivity index (χ0n) is 15.8. The van der Waals surface area contributed by atoms with Gasteiger partial charge in [-0.15, -0.1) is 0 Å². The molecule has 7 heteroatoms. The summed E-state index contributed by atoms with van der Waals surface area (Å²) in [6.07, 6.45) is 1.42. The number of amides is 1. The van der Waals surface area contributed by atoms with Gasteiger partial charge in [-0.3, -0.25) is 4.79 Å². The number of para-hydroxylation sites is 1. The van der Waals surface area contributed by atoms with Crippen molar-refractivity contribution in [1.82, 2.24) is 9.97 Å². The summed E-state index contributed by atoms with van der Waals surface area (Å²) in [5.41, 5.74) is 1.97. The van der Waals surface area contributed by atoms with E-state index in [0.717, 1.165) is 17.7 Å². The van der Waals surface area contributed by atoms with Crippen molar-refractivity contribution >= 4 is 23.2 Å². The lowest BCUT2D eigenvalue weighted by Gasteiger charge is -2.22. The molecule has 3 aromatic rings. The number of rotatable bonds is 4. The Morgan fingerprint density at radius 1 is 1.00 bits per heavy atom. The average molecular weight is 382 g/mol. The molecule has 0 atom stereocenters. The van der Waals surface area contributed by atoms with Gasteiger partial charge >= 0.3 is 0 Å². The molecule has 0 saturated carbocycles. The zero-order chi connectivity index (χ0) is 20.3. The van der Waals surface area contributed by atoms with Crippen LogP contribution in [-0.2, 0) is 5.41 Å². The van der Waals surface area contributed by atoms with Crippen molar-refractivity contribution in [3.63, 3.8) is 0 Å². The number of nitrogens with one attached hydrogen (secondary N) is 2. The number of nitrogens with zero attached hydrogens (tertiary/aromatic N) is 2. The van der Waals surface area contributed by atoms with E-state index in [-0.39, 0.29) is 22.7 Å². The number of anilines is 3. The van der Waals surface area contributed by atoms with Crippen molar-refractivity contribution in [2.45, 2.75) is 26.2 Å². The van der Waals surface area contributed by atoms with Gasteiger partial charge in [-0.05, 0) is 35.2 Å². The van der Waals surface area contributed by atoms with Crippen molar-refractivity contribution in [1.29, 1.82) is 0 Å². The van der Waals surface area contributed by atoms with Crippen LogP contribution in [0.1, 0.15) is 36.8 Å². The molecule has 5 nitrogen and oxygen atoms in total. The predicted octanol–water partition coefficient (Wildman–Crippen LogP) is 5.05. The maximum atomic E-state index is 13.3. The molecule has 28 heavy (non-hydrogen) atoms. The second-order valence-electron chi connectivity index (χ2n) is 7.27. The highest BCUT2D eigenvalue weighted by Crippen LogP contribution is 2.29. The third-order valence-corrected chi connectivity index (χ3v) is 4.05. The highest BCUT2D eigenvalue weighted by molar-refractivity contribution is 6.03. The smallest absolute Gasteiger partial charge is 0.274 e. The second kappa shape index (κ2) is 7.72. The first-order valence-electron chi connectivity index (χ1n) is 8.70. The van der Waals surface area contributed by atoms with E-state index in [1.807, 2.05) is 24.3 Å². The fourth-order valence-corrected chi connectivity index (χ4v) is 2.68. The van der Waals surface area contributed by atoms with E-state index in [1.54, 1.807) is 0 Å². The number of carbonyl (C=O) groups is 1. The van der Waals surface area contributed by atoms with Crippen LogP contribution in [0.15, 0.2) is 54.7 Å². The van der Waals surface area contributed by atoms with Crippen LogP contribution in [0, 0.1) is 11.6 Å². The Morgan fingerprint density at radius 2 is 1.75 bits per heavy atom. The minimum atomic E-state index is -0.988. The molecule has 0 radical (unpaired) electrons. The molecule has 2 aromatic carbocycles. The van der Waals surface area contributed by atoms with Gasteiger partial charge in [-0.2, -0.15) is 0 Å². The Kier molecular flexibility index (Phi) is 5.35. The largest absolute Gasteiger partial charge is 0.324 e. The molecular formula is C21H20F2N4O. The monoisotopic (exact) mass is 382 g/mol. The lowest BCUT2D eigenvalue weighted by Crippen LogP contribution is -2.19. The molecule has 1 amide bonds. The SMILES string of the molecule is CC(C)(C)c1ccccc1NC(=O)c1ccnc(Nc2ccc(F)c(F)c2)n1. The van der Waals surface area contributed by atoms with E-state index in [9.17, 15) is 13.6 Å². The molecular weight excluding hydrogens is 362 g/mol. The number of benzene rings is 2. The Balaban J connectivity index is 1.80. The van der Waals surface area contributed by atoms with Crippen LogP contribution in [0.2, 0.25) is 0 Å². The molecule has 144 valence electrons. The lowest BCUT2D eigenvalue weighted by molar-refractivity contribution is 0.102. The van der Waals surface area contributed by atoms with Gasteiger partial charge in [0.25, 0.3) is 5.91 Å². The van der Waals surface area contributed by atoms with Crippen molar-refractivity contribution in [2.24, 2.45) is 0 Å². The third-order valence-electron chi connectivity index (χ3n) is 4.05. The topological polar surface area (TPSA) is 66.9 Å². The van der Waals surface area contributed by atoms with E-state index >= 15 is 0 Å². The van der Waals surface area contributed by atoms with E-state index in [1.165, 1.54) is 18.3 Å². The van der Waals surface area contributed by atoms with Gasteiger partial charge in [0.2, 0.25) is 5.95 Å². The molecule has 0 spiro atoms. The normalized spacial score (nSPS) is 11.2. The number of halogens is 2. The average Bonchev–Trinajstić information content (AvgIpc) is 2.64. The number of hydrogen-bond acceptors (Lipinski definition) is 4. The van der Waals surface area contributed by atoms with Gasteiger partial charge in [-0.25, -0.2) is 18.7 Å². The van der Waals surface area contributed by atoms with Crippen molar-refractivity contribution in [2.75, 3.05) is 10.6 Å². The highest BCUT2D eigenvalue weighted by atomic mass is 19.2. The molecule has 0 aliphatic carbocycles. The Bertz CT molecular complexity index is 1020. The molecule has 0 unspecified atom stereocenters. The summed E-state index contributed by atoms with van der Waals surface area (Å²) in [7, 11) is 0. The minimum absolute atomic E-state index is 0.0998. The van der Waals surface area contributed by atoms with E-state index in [2.05, 4.69) is 41.4 Å². The van der Waals surface area contributed by atoms with Crippen molar-refractivity contribution in [3.8, 4) is 0 Å². The summed E-state index contributed by atoms with van der Waals surface area (Å²) >= 11 is 0. The maximum absolute atomic E-state index is 13.3. The zero-order valence-corrected chi connectivity index (χ0v) is 15.8. The molecule has 1 aromatic heterocycles. The van der Waals surface area contributed by atoms with Crippen LogP contribution in [0.25, 0.3) is 0 Å². The van der Waals surface area contributed by atoms with Gasteiger partial charge in [0, 0.05) is 23.6 Å². The van der Waals surface area contributed by atoms with Gasteiger partial charge in [-0.1, -0.05) is 39.0 Å². The fraction of sp³-hybridized carbons (Fsp3) is 0.190. The number of carbonyl (C=O) groups excluding carboxylic acids is 1. The molecule has 0 bridgehead atoms. The standard InChI is InChI=1S/C21H20F2N4O/c1-21(2,3)14-6-4-5-7-17(14)26-19(28)18-10-11-24-20(27-18)25-13-8-9-15(22)16(23)12-13/h4-12H,1-3H3,(H,26,28)(H,24,25,27). The second-order valence-corrected chi connectivity index (χ2v) is 7.27. The molecule has 0 aliphatic rings. The summed E-state index contributed by atoms with van der Waals surface area (Å²) in [5, 5.41) is 5.63. The summed E-state index contributed by atoms with van der Waals surface area (Å²) < 4.78 is 26.4. The quantitative estimate of drug-likeness (QED) is 0.663. The maximum Gasteiger partial charge on any atom is 0.274 e. The summed E-state index contributed by atoms with van der Waals surface area (Å²) in [4.78, 5) is 20.8. The molecule has 3 rings (SSSR count). The van der Waals surface area contributed by atoms with E-state index in [4.69, 9.17) is 0 Å². The third kappa shape index (κ3) is 4.49. The van der Waals surface area contributed by atoms with Crippen LogP contribution in [0.3, 0.4) is 0 Å². The van der Waals surface area contributed by atoms with Crippen LogP contribution >= 0.6 is 0 Å². The first-order valence-corrected chi connectivity index (χ1v) is 8.70. The van der Waals surface area contributed by atoms with Gasteiger partial charge in [0.1, 0.15) is 5.69 Å². The number of aromatic nitrogens is 2. The van der Waals surface area contributed by atoms with E-state index < -0.39 is 17.5 Å². The van der Waals surface area contributed by atoms with Gasteiger partial charge < -0.3 is 10.6 Å². The van der Waals surface area contributed by atoms with Crippen LogP contribution < -0.4 is 10.6 Å². The number of hydrogen-bond donors (Lipinski definition) is 2. The fourth-order valence-electron chi connectivity index (χ4n) is 2.68. The molecule has 0 saturated heterocycles. The Hall–Kier alpha value is -3.35. The Morgan fingerprint density at radius 3 is 2.46 bits per heavy atom. The van der Waals surface area contributed by atoms with Crippen LogP contribution in [0.4, 0.5) is 26.1 Å². The first kappa shape index (κ1) is 19.4. The summed E-state index contributed by atoms with van der Waals surface area (Å²) in [5.74, 6) is -2.23. The summed E-state index contributed by atoms with van der Waals surface area (Å²) in [6, 6.07) is 12.4. The van der Waals surface area contributed by atoms with E-state index in [0.29, 0.717) is 5.69 Å².